The zero-order valence-corrected chi connectivity index (χ0v) is 11.4. The number of nitrogens with one attached hydrogen (secondary N) is 1. The first kappa shape index (κ1) is 13.6. The molecule has 2 aromatic rings. The monoisotopic (exact) mass is 278 g/mol. The van der Waals surface area contributed by atoms with Gasteiger partial charge in [-0.15, -0.1) is 0 Å². The van der Waals surface area contributed by atoms with Crippen LogP contribution in [0.2, 0.25) is 5.15 Å². The third-order valence-electron chi connectivity index (χ3n) is 2.62. The van der Waals surface area contributed by atoms with Crippen molar-refractivity contribution < 1.29 is 9.21 Å². The minimum Gasteiger partial charge on any atom is -0.467 e. The summed E-state index contributed by atoms with van der Waals surface area (Å²) in [7, 11) is 0. The van der Waals surface area contributed by atoms with Crippen molar-refractivity contribution in [2.24, 2.45) is 0 Å². The summed E-state index contributed by atoms with van der Waals surface area (Å²) >= 11 is 5.92. The number of amides is 1. The number of carbonyl (C=O) groups is 1. The summed E-state index contributed by atoms with van der Waals surface area (Å²) in [6.45, 7) is 2.41. The van der Waals surface area contributed by atoms with Gasteiger partial charge >= 0.3 is 0 Å². The lowest BCUT2D eigenvalue weighted by Crippen LogP contribution is -2.22. The Hall–Kier alpha value is -1.81. The van der Waals surface area contributed by atoms with Crippen LogP contribution in [0, 0.1) is 0 Å². The van der Waals surface area contributed by atoms with Crippen LogP contribution in [0.1, 0.15) is 35.2 Å². The molecule has 2 aromatic heterocycles. The topological polar surface area (TPSA) is 55.1 Å². The molecule has 1 amide bonds. The molecular formula is C14H15ClN2O2. The first-order chi connectivity index (χ1) is 9.19. The molecule has 0 saturated carbocycles. The molecule has 5 heteroatoms. The van der Waals surface area contributed by atoms with Gasteiger partial charge in [0.05, 0.1) is 12.8 Å². The number of nitrogens with zero attached hydrogens (tertiary/aromatic N) is 1. The van der Waals surface area contributed by atoms with Crippen molar-refractivity contribution in [2.45, 2.75) is 26.3 Å². The molecule has 0 radical (unpaired) electrons. The quantitative estimate of drug-likeness (QED) is 0.855. The highest BCUT2D eigenvalue weighted by molar-refractivity contribution is 6.29. The molecule has 2 rings (SSSR count). The lowest BCUT2D eigenvalue weighted by molar-refractivity contribution is 0.0948. The van der Waals surface area contributed by atoms with E-state index in [-0.39, 0.29) is 5.91 Å². The maximum absolute atomic E-state index is 12.0. The Morgan fingerprint density at radius 3 is 3.00 bits per heavy atom. The number of furan rings is 1. The fraction of sp³-hybridized carbons (Fsp3) is 0.286. The molecule has 0 aliphatic heterocycles. The zero-order chi connectivity index (χ0) is 13.7. The van der Waals surface area contributed by atoms with E-state index in [2.05, 4.69) is 17.2 Å². The van der Waals surface area contributed by atoms with Crippen LogP contribution in [0.5, 0.6) is 0 Å². The number of halogens is 1. The standard InChI is InChI=1S/C14H15ClN2O2/c1-2-4-11-7-10(8-13(15)17-11)14(18)16-9-12-5-3-6-19-12/h3,5-8H,2,4,9H2,1H3,(H,16,18). The van der Waals surface area contributed by atoms with Crippen molar-refractivity contribution in [2.75, 3.05) is 0 Å². The Morgan fingerprint density at radius 1 is 1.47 bits per heavy atom. The van der Waals surface area contributed by atoms with Gasteiger partial charge in [-0.2, -0.15) is 0 Å². The van der Waals surface area contributed by atoms with Crippen molar-refractivity contribution >= 4 is 17.5 Å². The molecule has 0 aliphatic carbocycles. The summed E-state index contributed by atoms with van der Waals surface area (Å²) in [6.07, 6.45) is 3.34. The van der Waals surface area contributed by atoms with Gasteiger partial charge in [0.1, 0.15) is 10.9 Å². The number of hydrogen-bond donors (Lipinski definition) is 1. The van der Waals surface area contributed by atoms with Crippen LogP contribution in [-0.4, -0.2) is 10.9 Å². The van der Waals surface area contributed by atoms with Crippen LogP contribution in [0.4, 0.5) is 0 Å². The van der Waals surface area contributed by atoms with Gasteiger partial charge in [-0.05, 0) is 30.7 Å². The van der Waals surface area contributed by atoms with Gasteiger partial charge in [-0.25, -0.2) is 4.98 Å². The minimum atomic E-state index is -0.182. The number of hydrogen-bond acceptors (Lipinski definition) is 3. The number of aromatic nitrogens is 1. The molecular weight excluding hydrogens is 264 g/mol. The van der Waals surface area contributed by atoms with Gasteiger partial charge in [-0.3, -0.25) is 4.79 Å². The summed E-state index contributed by atoms with van der Waals surface area (Å²) in [5.41, 5.74) is 1.35. The van der Waals surface area contributed by atoms with E-state index in [1.165, 1.54) is 0 Å². The summed E-state index contributed by atoms with van der Waals surface area (Å²) in [5, 5.41) is 3.12. The van der Waals surface area contributed by atoms with Crippen molar-refractivity contribution in [3.8, 4) is 0 Å². The first-order valence-corrected chi connectivity index (χ1v) is 6.54. The van der Waals surface area contributed by atoms with Gasteiger partial charge in [0.2, 0.25) is 0 Å². The third-order valence-corrected chi connectivity index (χ3v) is 2.81. The Morgan fingerprint density at radius 2 is 2.32 bits per heavy atom. The van der Waals surface area contributed by atoms with E-state index in [0.29, 0.717) is 23.0 Å². The predicted octanol–water partition coefficient (Wildman–Crippen LogP) is 3.21. The second-order valence-electron chi connectivity index (χ2n) is 4.18. The molecule has 2 heterocycles. The van der Waals surface area contributed by atoms with Crippen LogP contribution in [0.3, 0.4) is 0 Å². The lowest BCUT2D eigenvalue weighted by Gasteiger charge is -2.06. The Balaban J connectivity index is 2.05. The van der Waals surface area contributed by atoms with Crippen molar-refractivity contribution in [1.29, 1.82) is 0 Å². The SMILES string of the molecule is CCCc1cc(C(=O)NCc2ccco2)cc(Cl)n1. The van der Waals surface area contributed by atoms with Gasteiger partial charge in [0.15, 0.2) is 0 Å². The first-order valence-electron chi connectivity index (χ1n) is 6.16. The highest BCUT2D eigenvalue weighted by Gasteiger charge is 2.09. The summed E-state index contributed by atoms with van der Waals surface area (Å²) in [5.74, 6) is 0.528. The smallest absolute Gasteiger partial charge is 0.251 e. The molecule has 1 N–H and O–H groups in total. The summed E-state index contributed by atoms with van der Waals surface area (Å²) in [4.78, 5) is 16.2. The fourth-order valence-electron chi connectivity index (χ4n) is 1.75. The molecule has 0 saturated heterocycles. The molecule has 4 nitrogen and oxygen atoms in total. The van der Waals surface area contributed by atoms with Crippen molar-refractivity contribution in [1.82, 2.24) is 10.3 Å². The maximum atomic E-state index is 12.0. The molecule has 0 bridgehead atoms. The van der Waals surface area contributed by atoms with E-state index in [1.807, 2.05) is 6.07 Å². The average molecular weight is 279 g/mol. The summed E-state index contributed by atoms with van der Waals surface area (Å²) in [6, 6.07) is 6.93. The number of carbonyl (C=O) groups excluding carboxylic acids is 1. The van der Waals surface area contributed by atoms with Gasteiger partial charge in [0.25, 0.3) is 5.91 Å². The Kier molecular flexibility index (Phi) is 4.58. The largest absolute Gasteiger partial charge is 0.467 e. The molecule has 0 spiro atoms. The second-order valence-corrected chi connectivity index (χ2v) is 4.57. The van der Waals surface area contributed by atoms with E-state index in [4.69, 9.17) is 16.0 Å². The van der Waals surface area contributed by atoms with E-state index in [0.717, 1.165) is 18.5 Å². The van der Waals surface area contributed by atoms with E-state index in [9.17, 15) is 4.79 Å². The second kappa shape index (κ2) is 6.38. The highest BCUT2D eigenvalue weighted by atomic mass is 35.5. The zero-order valence-electron chi connectivity index (χ0n) is 10.6. The average Bonchev–Trinajstić information content (AvgIpc) is 2.88. The van der Waals surface area contributed by atoms with Crippen molar-refractivity contribution in [3.63, 3.8) is 0 Å². The molecule has 0 atom stereocenters. The van der Waals surface area contributed by atoms with Crippen LogP contribution >= 0.6 is 11.6 Å². The van der Waals surface area contributed by atoms with E-state index < -0.39 is 0 Å². The highest BCUT2D eigenvalue weighted by Crippen LogP contribution is 2.12. The number of rotatable bonds is 5. The minimum absolute atomic E-state index is 0.182. The van der Waals surface area contributed by atoms with Gasteiger partial charge in [0, 0.05) is 11.3 Å². The fourth-order valence-corrected chi connectivity index (χ4v) is 1.98. The van der Waals surface area contributed by atoms with Crippen LogP contribution in [0.25, 0.3) is 0 Å². The molecule has 100 valence electrons. The molecule has 0 unspecified atom stereocenters. The van der Waals surface area contributed by atoms with E-state index in [1.54, 1.807) is 24.5 Å². The molecule has 0 fully saturated rings. The molecule has 0 aromatic carbocycles. The Bertz CT molecular complexity index is 553. The van der Waals surface area contributed by atoms with Crippen molar-refractivity contribution in [3.05, 3.63) is 52.7 Å². The normalized spacial score (nSPS) is 10.4. The molecule has 19 heavy (non-hydrogen) atoms. The number of aryl methyl sites for hydroxylation is 1. The van der Waals surface area contributed by atoms with Crippen LogP contribution in [0.15, 0.2) is 34.9 Å². The van der Waals surface area contributed by atoms with Gasteiger partial charge < -0.3 is 9.73 Å². The van der Waals surface area contributed by atoms with Gasteiger partial charge in [-0.1, -0.05) is 24.9 Å². The number of pyridine rings is 1. The predicted molar refractivity (Wildman–Crippen MR) is 73.1 cm³/mol. The molecule has 0 aliphatic rings. The van der Waals surface area contributed by atoms with Crippen LogP contribution in [-0.2, 0) is 13.0 Å². The maximum Gasteiger partial charge on any atom is 0.251 e. The lowest BCUT2D eigenvalue weighted by atomic mass is 10.1. The summed E-state index contributed by atoms with van der Waals surface area (Å²) < 4.78 is 5.15. The van der Waals surface area contributed by atoms with Crippen LogP contribution < -0.4 is 5.32 Å². The third kappa shape index (κ3) is 3.83. The van der Waals surface area contributed by atoms with E-state index >= 15 is 0 Å². The Labute approximate surface area is 116 Å².